The molecule has 4 rings (SSSR count). The zero-order valence-electron chi connectivity index (χ0n) is 15.2. The van der Waals surface area contributed by atoms with Crippen LogP contribution in [0.15, 0.2) is 54.7 Å². The van der Waals surface area contributed by atoms with Gasteiger partial charge in [-0.05, 0) is 68.9 Å². The first-order valence-corrected chi connectivity index (χ1v) is 9.19. The Morgan fingerprint density at radius 2 is 1.81 bits per heavy atom. The number of aryl methyl sites for hydroxylation is 3. The fourth-order valence-corrected chi connectivity index (χ4v) is 4.05. The van der Waals surface area contributed by atoms with Crippen molar-refractivity contribution in [1.29, 1.82) is 0 Å². The molecule has 4 nitrogen and oxygen atoms in total. The number of benzene rings is 1. The van der Waals surface area contributed by atoms with Crippen LogP contribution in [-0.4, -0.2) is 15.1 Å². The Balaban J connectivity index is 1.85. The molecule has 1 aliphatic heterocycles. The van der Waals surface area contributed by atoms with Gasteiger partial charge in [-0.1, -0.05) is 23.8 Å². The van der Waals surface area contributed by atoms with Crippen molar-refractivity contribution >= 4 is 23.0 Å². The van der Waals surface area contributed by atoms with E-state index in [1.807, 2.05) is 18.3 Å². The molecule has 2 atom stereocenters. The van der Waals surface area contributed by atoms with Crippen molar-refractivity contribution in [2.24, 2.45) is 0 Å². The average molecular weight is 363 g/mol. The molecule has 0 spiro atoms. The summed E-state index contributed by atoms with van der Waals surface area (Å²) < 4.78 is 0. The number of thiocarbonyl (C=S) groups is 1. The van der Waals surface area contributed by atoms with Gasteiger partial charge in [0, 0.05) is 23.3 Å². The number of hydrogen-bond donors (Lipinski definition) is 2. The molecule has 0 aliphatic carbocycles. The molecule has 0 bridgehead atoms. The van der Waals surface area contributed by atoms with E-state index in [4.69, 9.17) is 12.2 Å². The fourth-order valence-electron chi connectivity index (χ4n) is 3.71. The summed E-state index contributed by atoms with van der Waals surface area (Å²) in [7, 11) is 0. The van der Waals surface area contributed by atoms with Crippen molar-refractivity contribution in [2.45, 2.75) is 32.9 Å². The molecule has 2 aromatic heterocycles. The minimum atomic E-state index is -0.00102. The molecule has 0 amide bonds. The van der Waals surface area contributed by atoms with E-state index in [9.17, 15) is 0 Å². The fraction of sp³-hybridized carbons (Fsp3) is 0.238. The normalized spacial score (nSPS) is 19.7. The Bertz CT molecular complexity index is 930. The highest BCUT2D eigenvalue weighted by Crippen LogP contribution is 2.42. The van der Waals surface area contributed by atoms with Crippen LogP contribution in [0.2, 0.25) is 0 Å². The van der Waals surface area contributed by atoms with Crippen LogP contribution in [0.25, 0.3) is 0 Å². The smallest absolute Gasteiger partial charge is 0.174 e. The lowest BCUT2D eigenvalue weighted by Crippen LogP contribution is -2.29. The van der Waals surface area contributed by atoms with Crippen LogP contribution in [0.1, 0.15) is 40.3 Å². The van der Waals surface area contributed by atoms with Crippen LogP contribution >= 0.6 is 12.2 Å². The maximum absolute atomic E-state index is 5.74. The summed E-state index contributed by atoms with van der Waals surface area (Å²) >= 11 is 5.74. The number of H-pyrrole nitrogens is 1. The zero-order valence-corrected chi connectivity index (χ0v) is 16.0. The van der Waals surface area contributed by atoms with Gasteiger partial charge in [-0.3, -0.25) is 4.98 Å². The number of pyridine rings is 1. The number of aromatic nitrogens is 2. The Labute approximate surface area is 159 Å². The second kappa shape index (κ2) is 6.57. The maximum Gasteiger partial charge on any atom is 0.174 e. The van der Waals surface area contributed by atoms with Gasteiger partial charge in [0.1, 0.15) is 0 Å². The van der Waals surface area contributed by atoms with Crippen molar-refractivity contribution in [3.63, 3.8) is 0 Å². The number of nitrogens with one attached hydrogen (secondary N) is 2. The van der Waals surface area contributed by atoms with Crippen LogP contribution in [0.5, 0.6) is 0 Å². The number of hydrogen-bond acceptors (Lipinski definition) is 2. The Morgan fingerprint density at radius 1 is 1.04 bits per heavy atom. The van der Waals surface area contributed by atoms with Crippen molar-refractivity contribution in [3.8, 4) is 0 Å². The highest BCUT2D eigenvalue weighted by Gasteiger charge is 2.41. The van der Waals surface area contributed by atoms with Gasteiger partial charge in [0.05, 0.1) is 17.8 Å². The molecule has 5 heteroatoms. The van der Waals surface area contributed by atoms with Crippen molar-refractivity contribution < 1.29 is 0 Å². The largest absolute Gasteiger partial charge is 0.362 e. The van der Waals surface area contributed by atoms with E-state index in [1.165, 1.54) is 11.1 Å². The summed E-state index contributed by atoms with van der Waals surface area (Å²) in [6, 6.07) is 16.8. The number of nitrogens with zero attached hydrogens (tertiary/aromatic N) is 2. The van der Waals surface area contributed by atoms with Gasteiger partial charge in [-0.2, -0.15) is 0 Å². The molecule has 1 fully saturated rings. The first kappa shape index (κ1) is 16.8. The lowest BCUT2D eigenvalue weighted by Gasteiger charge is -2.28. The Hall–Kier alpha value is -2.66. The molecule has 132 valence electrons. The summed E-state index contributed by atoms with van der Waals surface area (Å²) in [5, 5.41) is 4.23. The minimum Gasteiger partial charge on any atom is -0.362 e. The zero-order chi connectivity index (χ0) is 18.3. The predicted octanol–water partition coefficient (Wildman–Crippen LogP) is 4.51. The molecule has 1 aliphatic rings. The third-order valence-electron chi connectivity index (χ3n) is 4.92. The molecule has 1 aromatic carbocycles. The standard InChI is InChI=1S/C21H22N4S/c1-13-7-9-16(10-8-13)25-20(17-12-14(2)23-15(17)3)19(24-21(25)26)18-6-4-5-11-22-18/h4-12,19-20,23H,1-3H3,(H,24,26)/t19-,20-/m1/s1. The molecule has 3 heterocycles. The molecule has 0 unspecified atom stereocenters. The third kappa shape index (κ3) is 2.88. The molecule has 26 heavy (non-hydrogen) atoms. The molecule has 2 N–H and O–H groups in total. The Morgan fingerprint density at radius 3 is 2.42 bits per heavy atom. The van der Waals surface area contributed by atoms with E-state index in [1.54, 1.807) is 0 Å². The minimum absolute atomic E-state index is 0.00102. The van der Waals surface area contributed by atoms with Crippen molar-refractivity contribution in [3.05, 3.63) is 82.9 Å². The van der Waals surface area contributed by atoms with Gasteiger partial charge in [0.25, 0.3) is 0 Å². The second-order valence-electron chi connectivity index (χ2n) is 6.86. The van der Waals surface area contributed by atoms with E-state index in [-0.39, 0.29) is 12.1 Å². The topological polar surface area (TPSA) is 44.0 Å². The Kier molecular flexibility index (Phi) is 4.24. The first-order chi connectivity index (χ1) is 12.5. The SMILES string of the molecule is Cc1ccc(N2C(=S)N[C@H](c3ccccn3)[C@H]2c2cc(C)[nH]c2C)cc1. The van der Waals surface area contributed by atoms with Gasteiger partial charge < -0.3 is 15.2 Å². The third-order valence-corrected chi connectivity index (χ3v) is 5.23. The van der Waals surface area contributed by atoms with E-state index in [2.05, 4.69) is 77.4 Å². The highest BCUT2D eigenvalue weighted by molar-refractivity contribution is 7.80. The molecule has 1 saturated heterocycles. The molecule has 3 aromatic rings. The van der Waals surface area contributed by atoms with Gasteiger partial charge in [0.2, 0.25) is 0 Å². The highest BCUT2D eigenvalue weighted by atomic mass is 32.1. The summed E-state index contributed by atoms with van der Waals surface area (Å²) in [6.07, 6.45) is 1.83. The van der Waals surface area contributed by atoms with E-state index < -0.39 is 0 Å². The maximum atomic E-state index is 5.74. The van der Waals surface area contributed by atoms with E-state index in [0.29, 0.717) is 0 Å². The van der Waals surface area contributed by atoms with Gasteiger partial charge >= 0.3 is 0 Å². The molecule has 0 radical (unpaired) electrons. The summed E-state index contributed by atoms with van der Waals surface area (Å²) in [4.78, 5) is 10.2. The van der Waals surface area contributed by atoms with Crippen LogP contribution in [0.3, 0.4) is 0 Å². The lowest BCUT2D eigenvalue weighted by atomic mass is 9.96. The molecule has 0 saturated carbocycles. The summed E-state index contributed by atoms with van der Waals surface area (Å²) in [6.45, 7) is 6.30. The molecular weight excluding hydrogens is 340 g/mol. The lowest BCUT2D eigenvalue weighted by molar-refractivity contribution is 0.566. The monoisotopic (exact) mass is 362 g/mol. The van der Waals surface area contributed by atoms with Crippen LogP contribution in [0, 0.1) is 20.8 Å². The van der Waals surface area contributed by atoms with Gasteiger partial charge in [0.15, 0.2) is 5.11 Å². The van der Waals surface area contributed by atoms with Crippen molar-refractivity contribution in [2.75, 3.05) is 4.90 Å². The molecular formula is C21H22N4S. The van der Waals surface area contributed by atoms with Crippen molar-refractivity contribution in [1.82, 2.24) is 15.3 Å². The second-order valence-corrected chi connectivity index (χ2v) is 7.25. The average Bonchev–Trinajstić information content (AvgIpc) is 3.15. The quantitative estimate of drug-likeness (QED) is 0.673. The summed E-state index contributed by atoms with van der Waals surface area (Å²) in [5.41, 5.74) is 6.88. The summed E-state index contributed by atoms with van der Waals surface area (Å²) in [5.74, 6) is 0. The number of rotatable bonds is 3. The van der Waals surface area contributed by atoms with E-state index >= 15 is 0 Å². The van der Waals surface area contributed by atoms with E-state index in [0.717, 1.165) is 27.9 Å². The van der Waals surface area contributed by atoms with Crippen LogP contribution in [-0.2, 0) is 0 Å². The van der Waals surface area contributed by atoms with Gasteiger partial charge in [-0.15, -0.1) is 0 Å². The number of anilines is 1. The number of aromatic amines is 1. The van der Waals surface area contributed by atoms with Crippen LogP contribution < -0.4 is 10.2 Å². The predicted molar refractivity (Wildman–Crippen MR) is 109 cm³/mol. The van der Waals surface area contributed by atoms with Gasteiger partial charge in [-0.25, -0.2) is 0 Å². The van der Waals surface area contributed by atoms with Crippen LogP contribution in [0.4, 0.5) is 5.69 Å². The first-order valence-electron chi connectivity index (χ1n) is 8.78.